The second kappa shape index (κ2) is 8.49. The first-order valence-electron chi connectivity index (χ1n) is 10.3. The van der Waals surface area contributed by atoms with Crippen molar-refractivity contribution in [3.05, 3.63) is 29.8 Å². The normalized spacial score (nSPS) is 23.2. The lowest BCUT2D eigenvalue weighted by atomic mass is 10.0. The monoisotopic (exact) mass is 407 g/mol. The number of rotatable bonds is 4. The molecule has 1 aromatic rings. The summed E-state index contributed by atoms with van der Waals surface area (Å²) in [7, 11) is -3.52. The average molecular weight is 408 g/mol. The largest absolute Gasteiger partial charge is 0.379 e. The molecule has 0 aliphatic carbocycles. The molecule has 0 atom stereocenters. The van der Waals surface area contributed by atoms with Gasteiger partial charge in [-0.3, -0.25) is 4.79 Å². The van der Waals surface area contributed by atoms with Crippen molar-refractivity contribution >= 4 is 15.9 Å². The van der Waals surface area contributed by atoms with Crippen molar-refractivity contribution in [2.24, 2.45) is 0 Å². The van der Waals surface area contributed by atoms with E-state index in [1.165, 1.54) is 30.2 Å². The highest BCUT2D eigenvalue weighted by molar-refractivity contribution is 7.89. The molecular formula is C20H29N3O4S. The Labute approximate surface area is 167 Å². The number of piperidine rings is 1. The van der Waals surface area contributed by atoms with Crippen LogP contribution in [0.3, 0.4) is 0 Å². The van der Waals surface area contributed by atoms with E-state index in [0.29, 0.717) is 37.9 Å². The van der Waals surface area contributed by atoms with E-state index in [1.54, 1.807) is 24.3 Å². The molecule has 3 heterocycles. The zero-order chi connectivity index (χ0) is 19.6. The Bertz CT molecular complexity index is 776. The van der Waals surface area contributed by atoms with Crippen molar-refractivity contribution in [3.63, 3.8) is 0 Å². The number of nitrogens with zero attached hydrogens (tertiary/aromatic N) is 3. The quantitative estimate of drug-likeness (QED) is 0.755. The van der Waals surface area contributed by atoms with Crippen LogP contribution in [0.25, 0.3) is 0 Å². The Balaban J connectivity index is 1.37. The zero-order valence-corrected chi connectivity index (χ0v) is 17.1. The maximum Gasteiger partial charge on any atom is 0.253 e. The lowest BCUT2D eigenvalue weighted by molar-refractivity contribution is 0.0644. The molecule has 154 valence electrons. The van der Waals surface area contributed by atoms with Gasteiger partial charge >= 0.3 is 0 Å². The van der Waals surface area contributed by atoms with E-state index >= 15 is 0 Å². The molecule has 4 rings (SSSR count). The van der Waals surface area contributed by atoms with Gasteiger partial charge in [0.1, 0.15) is 0 Å². The number of ether oxygens (including phenoxy) is 1. The Morgan fingerprint density at radius 3 is 2.11 bits per heavy atom. The van der Waals surface area contributed by atoms with Crippen LogP contribution in [0.15, 0.2) is 29.2 Å². The molecule has 1 aromatic carbocycles. The number of sulfonamides is 1. The van der Waals surface area contributed by atoms with E-state index in [-0.39, 0.29) is 10.8 Å². The molecule has 3 aliphatic heterocycles. The molecule has 28 heavy (non-hydrogen) atoms. The van der Waals surface area contributed by atoms with Crippen LogP contribution in [0, 0.1) is 0 Å². The second-order valence-electron chi connectivity index (χ2n) is 7.81. The molecule has 0 bridgehead atoms. The number of likely N-dealkylation sites (tertiary alicyclic amines) is 2. The first-order chi connectivity index (χ1) is 13.6. The molecule has 0 unspecified atom stereocenters. The second-order valence-corrected chi connectivity index (χ2v) is 9.75. The minimum Gasteiger partial charge on any atom is -0.379 e. The number of carbonyl (C=O) groups is 1. The van der Waals surface area contributed by atoms with Crippen LogP contribution in [0.5, 0.6) is 0 Å². The van der Waals surface area contributed by atoms with Gasteiger partial charge in [-0.1, -0.05) is 0 Å². The third-order valence-electron chi connectivity index (χ3n) is 6.12. The van der Waals surface area contributed by atoms with Crippen LogP contribution >= 0.6 is 0 Å². The number of amides is 1. The fraction of sp³-hybridized carbons (Fsp3) is 0.650. The van der Waals surface area contributed by atoms with Crippen molar-refractivity contribution in [3.8, 4) is 0 Å². The smallest absolute Gasteiger partial charge is 0.253 e. The van der Waals surface area contributed by atoms with Crippen LogP contribution in [0.1, 0.15) is 36.0 Å². The van der Waals surface area contributed by atoms with Gasteiger partial charge in [-0.15, -0.1) is 0 Å². The molecule has 0 radical (unpaired) electrons. The summed E-state index contributed by atoms with van der Waals surface area (Å²) in [5, 5.41) is 0. The molecule has 0 saturated carbocycles. The fourth-order valence-corrected chi connectivity index (χ4v) is 5.84. The highest BCUT2D eigenvalue weighted by atomic mass is 32.2. The Morgan fingerprint density at radius 1 is 0.893 bits per heavy atom. The molecular weight excluding hydrogens is 378 g/mol. The van der Waals surface area contributed by atoms with E-state index in [9.17, 15) is 13.2 Å². The van der Waals surface area contributed by atoms with Gasteiger partial charge in [0, 0.05) is 37.8 Å². The molecule has 1 amide bonds. The van der Waals surface area contributed by atoms with Crippen molar-refractivity contribution in [2.45, 2.75) is 36.6 Å². The molecule has 3 aliphatic rings. The van der Waals surface area contributed by atoms with Gasteiger partial charge in [0.05, 0.1) is 18.1 Å². The average Bonchev–Trinajstić information content (AvgIpc) is 3.29. The lowest BCUT2D eigenvalue weighted by Crippen LogP contribution is -2.45. The van der Waals surface area contributed by atoms with Gasteiger partial charge in [0.15, 0.2) is 0 Å². The highest BCUT2D eigenvalue weighted by Crippen LogP contribution is 2.23. The number of morpholine rings is 1. The molecule has 3 fully saturated rings. The van der Waals surface area contributed by atoms with Crippen LogP contribution in [-0.2, 0) is 14.8 Å². The topological polar surface area (TPSA) is 70.2 Å². The van der Waals surface area contributed by atoms with Gasteiger partial charge in [-0.2, -0.15) is 4.31 Å². The van der Waals surface area contributed by atoms with E-state index in [0.717, 1.165) is 25.9 Å². The summed E-state index contributed by atoms with van der Waals surface area (Å²) in [4.78, 5) is 17.5. The summed E-state index contributed by atoms with van der Waals surface area (Å²) in [6.45, 7) is 5.51. The van der Waals surface area contributed by atoms with Gasteiger partial charge in [-0.05, 0) is 63.0 Å². The Hall–Kier alpha value is -1.48. The van der Waals surface area contributed by atoms with Crippen LogP contribution in [0.4, 0.5) is 0 Å². The van der Waals surface area contributed by atoms with Crippen LogP contribution < -0.4 is 0 Å². The number of hydrogen-bond acceptors (Lipinski definition) is 5. The van der Waals surface area contributed by atoms with E-state index in [1.807, 2.05) is 4.90 Å². The van der Waals surface area contributed by atoms with Gasteiger partial charge in [0.2, 0.25) is 10.0 Å². The third kappa shape index (κ3) is 4.10. The van der Waals surface area contributed by atoms with Gasteiger partial charge in [-0.25, -0.2) is 8.42 Å². The maximum absolute atomic E-state index is 12.8. The summed E-state index contributed by atoms with van der Waals surface area (Å²) < 4.78 is 32.1. The molecule has 0 N–H and O–H groups in total. The number of carbonyl (C=O) groups excluding carboxylic acids is 1. The van der Waals surface area contributed by atoms with E-state index in [2.05, 4.69) is 4.90 Å². The van der Waals surface area contributed by atoms with Gasteiger partial charge < -0.3 is 14.5 Å². The zero-order valence-electron chi connectivity index (χ0n) is 16.3. The summed E-state index contributed by atoms with van der Waals surface area (Å²) in [5.74, 6) is -0.00445. The Morgan fingerprint density at radius 2 is 1.50 bits per heavy atom. The van der Waals surface area contributed by atoms with E-state index < -0.39 is 10.0 Å². The van der Waals surface area contributed by atoms with Crippen molar-refractivity contribution in [1.82, 2.24) is 14.1 Å². The first kappa shape index (κ1) is 19.8. The highest BCUT2D eigenvalue weighted by Gasteiger charge is 2.29. The predicted octanol–water partition coefficient (Wildman–Crippen LogP) is 1.41. The SMILES string of the molecule is O=C(c1ccc(S(=O)(=O)N2CCOCC2)cc1)N1CCC(N2CCCC2)CC1. The van der Waals surface area contributed by atoms with Crippen molar-refractivity contribution in [1.29, 1.82) is 0 Å². The third-order valence-corrected chi connectivity index (χ3v) is 8.03. The first-order valence-corrected chi connectivity index (χ1v) is 11.7. The van der Waals surface area contributed by atoms with Gasteiger partial charge in [0.25, 0.3) is 5.91 Å². The number of hydrogen-bond donors (Lipinski definition) is 0. The Kier molecular flexibility index (Phi) is 6.01. The molecule has 0 aromatic heterocycles. The standard InChI is InChI=1S/C20H29N3O4S/c24-20(22-11-7-18(8-12-22)21-9-1-2-10-21)17-3-5-19(6-4-17)28(25,26)23-13-15-27-16-14-23/h3-6,18H,1-2,7-16H2. The van der Waals surface area contributed by atoms with Crippen LogP contribution in [0.2, 0.25) is 0 Å². The molecule has 7 nitrogen and oxygen atoms in total. The van der Waals surface area contributed by atoms with Crippen molar-refractivity contribution in [2.75, 3.05) is 52.5 Å². The molecule has 0 spiro atoms. The van der Waals surface area contributed by atoms with E-state index in [4.69, 9.17) is 4.74 Å². The minimum atomic E-state index is -3.52. The summed E-state index contributed by atoms with van der Waals surface area (Å²) >= 11 is 0. The summed E-state index contributed by atoms with van der Waals surface area (Å²) in [5.41, 5.74) is 0.556. The van der Waals surface area contributed by atoms with Crippen molar-refractivity contribution < 1.29 is 17.9 Å². The predicted molar refractivity (Wildman–Crippen MR) is 106 cm³/mol. The summed E-state index contributed by atoms with van der Waals surface area (Å²) in [6, 6.07) is 6.99. The molecule has 3 saturated heterocycles. The number of benzene rings is 1. The maximum atomic E-state index is 12.8. The molecule has 8 heteroatoms. The fourth-order valence-electron chi connectivity index (χ4n) is 4.43. The van der Waals surface area contributed by atoms with Crippen LogP contribution in [-0.4, -0.2) is 87.0 Å². The summed E-state index contributed by atoms with van der Waals surface area (Å²) in [6.07, 6.45) is 4.63. The lowest BCUT2D eigenvalue weighted by Gasteiger charge is -2.36. The minimum absolute atomic E-state index is 0.00445.